The second-order valence-corrected chi connectivity index (χ2v) is 3.24. The van der Waals surface area contributed by atoms with Crippen LogP contribution in [0.25, 0.3) is 0 Å². The fraction of sp³-hybridized carbons (Fsp3) is 0.778. The first-order valence-corrected chi connectivity index (χ1v) is 4.32. The Hall–Kier alpha value is 0.734. The predicted molar refractivity (Wildman–Crippen MR) is 45.0 cm³/mol. The Bertz CT molecular complexity index is 149. The van der Waals surface area contributed by atoms with Crippen molar-refractivity contribution in [1.29, 1.82) is 0 Å². The van der Waals surface area contributed by atoms with Crippen molar-refractivity contribution in [3.8, 4) is 0 Å². The third-order valence-electron chi connectivity index (χ3n) is 2.31. The van der Waals surface area contributed by atoms with Crippen LogP contribution in [0.1, 0.15) is 26.2 Å². The van der Waals surface area contributed by atoms with E-state index in [2.05, 4.69) is 7.05 Å². The van der Waals surface area contributed by atoms with Gasteiger partial charge in [-0.1, -0.05) is 6.92 Å². The first-order valence-electron chi connectivity index (χ1n) is 4.32. The molecule has 0 aliphatic carbocycles. The maximum absolute atomic E-state index is 11.3. The zero-order chi connectivity index (χ0) is 8.27. The van der Waals surface area contributed by atoms with Crippen LogP contribution in [-0.2, 0) is 37.5 Å². The van der Waals surface area contributed by atoms with E-state index >= 15 is 0 Å². The maximum Gasteiger partial charge on any atom is 0.136 e. The number of piperidine rings is 1. The van der Waals surface area contributed by atoms with Crippen molar-refractivity contribution in [2.75, 3.05) is 13.1 Å². The zero-order valence-corrected chi connectivity index (χ0v) is 10.6. The number of ketones is 1. The smallest absolute Gasteiger partial charge is 0.136 e. The molecule has 0 saturated carbocycles. The molecule has 0 N–H and O–H groups in total. The standard InChI is InChI=1S/C9H16NO.Y/c1-3-9(11)8-5-4-6-10(2)7-8;/h8H,2-7H2,1H3;/q-1;. The van der Waals surface area contributed by atoms with Gasteiger partial charge < -0.3 is 4.90 Å². The van der Waals surface area contributed by atoms with E-state index in [1.54, 1.807) is 0 Å². The summed E-state index contributed by atoms with van der Waals surface area (Å²) in [5, 5.41) is 0. The van der Waals surface area contributed by atoms with Gasteiger partial charge in [0.15, 0.2) is 0 Å². The summed E-state index contributed by atoms with van der Waals surface area (Å²) < 4.78 is 0. The predicted octanol–water partition coefficient (Wildman–Crippen LogP) is 1.47. The van der Waals surface area contributed by atoms with Crippen LogP contribution in [-0.4, -0.2) is 23.8 Å². The summed E-state index contributed by atoms with van der Waals surface area (Å²) in [5.74, 6) is 0.671. The topological polar surface area (TPSA) is 20.3 Å². The molecule has 1 fully saturated rings. The molecule has 1 unspecified atom stereocenters. The molecule has 1 heterocycles. The van der Waals surface area contributed by atoms with E-state index in [1.807, 2.05) is 11.8 Å². The van der Waals surface area contributed by atoms with Crippen LogP contribution in [0.4, 0.5) is 0 Å². The summed E-state index contributed by atoms with van der Waals surface area (Å²) in [5.41, 5.74) is 0. The van der Waals surface area contributed by atoms with E-state index in [0.29, 0.717) is 12.2 Å². The van der Waals surface area contributed by atoms with Crippen LogP contribution in [0, 0.1) is 13.0 Å². The van der Waals surface area contributed by atoms with Crippen LogP contribution in [0.5, 0.6) is 0 Å². The molecule has 0 aromatic heterocycles. The molecule has 12 heavy (non-hydrogen) atoms. The zero-order valence-electron chi connectivity index (χ0n) is 7.75. The fourth-order valence-electron chi connectivity index (χ4n) is 1.61. The molecule has 0 aromatic rings. The minimum Gasteiger partial charge on any atom is -0.459 e. The van der Waals surface area contributed by atoms with Crippen LogP contribution in [0.15, 0.2) is 0 Å². The van der Waals surface area contributed by atoms with Crippen LogP contribution in [0.3, 0.4) is 0 Å². The molecule has 1 radical (unpaired) electrons. The number of carbonyl (C=O) groups is 1. The van der Waals surface area contributed by atoms with Crippen LogP contribution >= 0.6 is 0 Å². The molecule has 67 valence electrons. The van der Waals surface area contributed by atoms with E-state index in [0.717, 1.165) is 25.9 Å². The quantitative estimate of drug-likeness (QED) is 0.684. The molecule has 2 nitrogen and oxygen atoms in total. The molecular weight excluding hydrogens is 227 g/mol. The van der Waals surface area contributed by atoms with Crippen molar-refractivity contribution in [3.63, 3.8) is 0 Å². The second kappa shape index (κ2) is 6.23. The van der Waals surface area contributed by atoms with Crippen molar-refractivity contribution in [2.45, 2.75) is 26.2 Å². The Balaban J connectivity index is 0.00000121. The van der Waals surface area contributed by atoms with E-state index in [1.165, 1.54) is 0 Å². The summed E-state index contributed by atoms with van der Waals surface area (Å²) in [6.07, 6.45) is 2.87. The summed E-state index contributed by atoms with van der Waals surface area (Å²) in [6.45, 7) is 3.85. The van der Waals surface area contributed by atoms with Gasteiger partial charge in [-0.05, 0) is 25.9 Å². The molecule has 0 bridgehead atoms. The van der Waals surface area contributed by atoms with Gasteiger partial charge >= 0.3 is 0 Å². The molecule has 0 aromatic carbocycles. The van der Waals surface area contributed by atoms with Crippen LogP contribution < -0.4 is 0 Å². The molecule has 1 atom stereocenters. The Labute approximate surface area is 100.0 Å². The molecule has 3 heteroatoms. The maximum atomic E-state index is 11.3. The SMILES string of the molecule is [CH2-]N1CCCC(C(=O)CC)C1.[Y]. The Morgan fingerprint density at radius 3 is 2.83 bits per heavy atom. The van der Waals surface area contributed by atoms with Crippen molar-refractivity contribution in [3.05, 3.63) is 7.05 Å². The third-order valence-corrected chi connectivity index (χ3v) is 2.31. The average Bonchev–Trinajstić information content (AvgIpc) is 2.03. The Kier molecular flexibility index (Phi) is 6.61. The number of Topliss-reactive ketones (excluding diaryl/α,β-unsaturated/α-hetero) is 1. The van der Waals surface area contributed by atoms with Gasteiger partial charge in [-0.2, -0.15) is 0 Å². The number of rotatable bonds is 2. The van der Waals surface area contributed by atoms with Gasteiger partial charge in [0.25, 0.3) is 0 Å². The molecule has 1 aliphatic rings. The number of hydrogen-bond acceptors (Lipinski definition) is 2. The second-order valence-electron chi connectivity index (χ2n) is 3.24. The minimum absolute atomic E-state index is 0. The summed E-state index contributed by atoms with van der Waals surface area (Å²) in [6, 6.07) is 0. The van der Waals surface area contributed by atoms with Gasteiger partial charge in [-0.15, -0.1) is 0 Å². The van der Waals surface area contributed by atoms with Gasteiger partial charge in [0, 0.05) is 45.0 Å². The Morgan fingerprint density at radius 1 is 1.67 bits per heavy atom. The summed E-state index contributed by atoms with van der Waals surface area (Å²) in [4.78, 5) is 13.3. The van der Waals surface area contributed by atoms with Crippen molar-refractivity contribution >= 4 is 5.78 Å². The van der Waals surface area contributed by atoms with Crippen molar-refractivity contribution in [2.24, 2.45) is 5.92 Å². The number of carbonyl (C=O) groups excluding carboxylic acids is 1. The van der Waals surface area contributed by atoms with Crippen molar-refractivity contribution < 1.29 is 37.5 Å². The van der Waals surface area contributed by atoms with Crippen molar-refractivity contribution in [1.82, 2.24) is 4.90 Å². The summed E-state index contributed by atoms with van der Waals surface area (Å²) in [7, 11) is 3.85. The first-order chi connectivity index (χ1) is 5.24. The number of likely N-dealkylation sites (tertiary alicyclic amines) is 1. The van der Waals surface area contributed by atoms with E-state index in [4.69, 9.17) is 0 Å². The summed E-state index contributed by atoms with van der Waals surface area (Å²) >= 11 is 0. The molecule has 1 saturated heterocycles. The van der Waals surface area contributed by atoms with E-state index in [-0.39, 0.29) is 38.6 Å². The monoisotopic (exact) mass is 243 g/mol. The van der Waals surface area contributed by atoms with Gasteiger partial charge in [0.1, 0.15) is 5.78 Å². The average molecular weight is 243 g/mol. The number of nitrogens with zero attached hydrogens (tertiary/aromatic N) is 1. The van der Waals surface area contributed by atoms with Gasteiger partial charge in [-0.25, -0.2) is 0 Å². The van der Waals surface area contributed by atoms with Gasteiger partial charge in [0.05, 0.1) is 0 Å². The van der Waals surface area contributed by atoms with E-state index < -0.39 is 0 Å². The Morgan fingerprint density at radius 2 is 2.33 bits per heavy atom. The minimum atomic E-state index is 0. The molecule has 0 spiro atoms. The molecular formula is C9H16NOY-. The first kappa shape index (κ1) is 12.7. The van der Waals surface area contributed by atoms with Crippen LogP contribution in [0.2, 0.25) is 0 Å². The molecule has 1 aliphatic heterocycles. The fourth-order valence-corrected chi connectivity index (χ4v) is 1.61. The normalized spacial score (nSPS) is 24.7. The molecule has 0 amide bonds. The van der Waals surface area contributed by atoms with Gasteiger partial charge in [0.2, 0.25) is 0 Å². The van der Waals surface area contributed by atoms with Gasteiger partial charge in [-0.3, -0.25) is 11.8 Å². The third kappa shape index (κ3) is 3.63. The van der Waals surface area contributed by atoms with E-state index in [9.17, 15) is 4.79 Å². The number of hydrogen-bond donors (Lipinski definition) is 0. The molecule has 1 rings (SSSR count). The largest absolute Gasteiger partial charge is 0.459 e.